The molecule has 0 bridgehead atoms. The number of carbonyl (C=O) groups is 2. The van der Waals surface area contributed by atoms with E-state index >= 15 is 0 Å². The maximum Gasteiger partial charge on any atom is 0.259 e. The lowest BCUT2D eigenvalue weighted by molar-refractivity contribution is -0.120. The first-order valence-electron chi connectivity index (χ1n) is 7.79. The fraction of sp³-hybridized carbons (Fsp3) is 0.105. The fourth-order valence-electron chi connectivity index (χ4n) is 2.15. The zero-order chi connectivity index (χ0) is 18.9. The number of carbonyl (C=O) groups excluding carboxylic acids is 2. The molecule has 7 heteroatoms. The molecular formula is C19H18ClN3O3. The molecule has 0 aliphatic carbocycles. The van der Waals surface area contributed by atoms with Gasteiger partial charge in [-0.2, -0.15) is 5.10 Å². The molecule has 0 fully saturated rings. The Morgan fingerprint density at radius 2 is 1.96 bits per heavy atom. The molecule has 0 spiro atoms. The van der Waals surface area contributed by atoms with Crippen molar-refractivity contribution in [2.75, 3.05) is 6.54 Å². The van der Waals surface area contributed by atoms with Crippen LogP contribution in [0.5, 0.6) is 5.75 Å². The molecule has 3 N–H and O–H groups in total. The highest BCUT2D eigenvalue weighted by Gasteiger charge is 2.10. The Morgan fingerprint density at radius 1 is 1.19 bits per heavy atom. The summed E-state index contributed by atoms with van der Waals surface area (Å²) in [6.45, 7) is 3.37. The van der Waals surface area contributed by atoms with Gasteiger partial charge in [0.15, 0.2) is 0 Å². The van der Waals surface area contributed by atoms with Crippen LogP contribution in [-0.2, 0) is 11.2 Å². The average Bonchev–Trinajstić information content (AvgIpc) is 2.63. The monoisotopic (exact) mass is 371 g/mol. The summed E-state index contributed by atoms with van der Waals surface area (Å²) in [7, 11) is 0. The SMILES string of the molecule is C=CCc1cccc(C=NNC(=O)CNC(=O)c2ccccc2Cl)c1O. The number of rotatable bonds is 7. The van der Waals surface area contributed by atoms with Crippen LogP contribution in [0, 0.1) is 0 Å². The number of nitrogens with one attached hydrogen (secondary N) is 2. The van der Waals surface area contributed by atoms with Crippen molar-refractivity contribution in [1.29, 1.82) is 0 Å². The molecule has 2 aromatic rings. The largest absolute Gasteiger partial charge is 0.507 e. The zero-order valence-corrected chi connectivity index (χ0v) is 14.7. The van der Waals surface area contributed by atoms with Crippen LogP contribution in [-0.4, -0.2) is 29.7 Å². The van der Waals surface area contributed by atoms with Crippen molar-refractivity contribution in [3.8, 4) is 5.75 Å². The quantitative estimate of drug-likeness (QED) is 0.397. The minimum Gasteiger partial charge on any atom is -0.507 e. The summed E-state index contributed by atoms with van der Waals surface area (Å²) in [5.74, 6) is -0.884. The molecule has 0 saturated heterocycles. The third-order valence-corrected chi connectivity index (χ3v) is 3.77. The van der Waals surface area contributed by atoms with E-state index in [1.54, 1.807) is 48.5 Å². The molecule has 0 aliphatic rings. The van der Waals surface area contributed by atoms with E-state index in [2.05, 4.69) is 22.4 Å². The molecule has 2 amide bonds. The number of nitrogens with zero attached hydrogens (tertiary/aromatic N) is 1. The fourth-order valence-corrected chi connectivity index (χ4v) is 2.37. The van der Waals surface area contributed by atoms with Crippen molar-refractivity contribution in [2.45, 2.75) is 6.42 Å². The van der Waals surface area contributed by atoms with E-state index in [1.165, 1.54) is 6.21 Å². The minimum absolute atomic E-state index is 0.0809. The van der Waals surface area contributed by atoms with Crippen LogP contribution in [0.3, 0.4) is 0 Å². The van der Waals surface area contributed by atoms with Crippen LogP contribution in [0.1, 0.15) is 21.5 Å². The molecule has 0 radical (unpaired) electrons. The van der Waals surface area contributed by atoms with E-state index in [4.69, 9.17) is 11.6 Å². The Hall–Kier alpha value is -3.12. The van der Waals surface area contributed by atoms with Gasteiger partial charge >= 0.3 is 0 Å². The maximum atomic E-state index is 12.0. The van der Waals surface area contributed by atoms with Gasteiger partial charge in [0.2, 0.25) is 0 Å². The molecule has 134 valence electrons. The molecule has 2 rings (SSSR count). The summed E-state index contributed by atoms with van der Waals surface area (Å²) in [5, 5.41) is 16.6. The number of para-hydroxylation sites is 1. The predicted octanol–water partition coefficient (Wildman–Crippen LogP) is 2.65. The normalized spacial score (nSPS) is 10.5. The number of phenolic OH excluding ortho intramolecular Hbond substituents is 1. The topological polar surface area (TPSA) is 90.8 Å². The number of hydrogen-bond acceptors (Lipinski definition) is 4. The average molecular weight is 372 g/mol. The highest BCUT2D eigenvalue weighted by molar-refractivity contribution is 6.33. The molecule has 6 nitrogen and oxygen atoms in total. The Kier molecular flexibility index (Phi) is 6.93. The molecule has 0 saturated carbocycles. The molecule has 0 heterocycles. The molecule has 2 aromatic carbocycles. The second kappa shape index (κ2) is 9.39. The predicted molar refractivity (Wildman–Crippen MR) is 102 cm³/mol. The minimum atomic E-state index is -0.511. The lowest BCUT2D eigenvalue weighted by Gasteiger charge is -2.06. The number of phenols is 1. The maximum absolute atomic E-state index is 12.0. The summed E-state index contributed by atoms with van der Waals surface area (Å²) >= 11 is 5.92. The second-order valence-electron chi connectivity index (χ2n) is 5.30. The van der Waals surface area contributed by atoms with E-state index in [0.29, 0.717) is 22.6 Å². The van der Waals surface area contributed by atoms with Crippen LogP contribution in [0.2, 0.25) is 5.02 Å². The van der Waals surface area contributed by atoms with Gasteiger partial charge in [-0.15, -0.1) is 6.58 Å². The first-order chi connectivity index (χ1) is 12.5. The van der Waals surface area contributed by atoms with Crippen LogP contribution in [0.4, 0.5) is 0 Å². The van der Waals surface area contributed by atoms with Crippen LogP contribution in [0.25, 0.3) is 0 Å². The van der Waals surface area contributed by atoms with E-state index in [1.807, 2.05) is 0 Å². The number of amides is 2. The zero-order valence-electron chi connectivity index (χ0n) is 13.9. The Balaban J connectivity index is 1.88. The molecule has 26 heavy (non-hydrogen) atoms. The first-order valence-corrected chi connectivity index (χ1v) is 8.17. The van der Waals surface area contributed by atoms with Gasteiger partial charge in [0.1, 0.15) is 5.75 Å². The summed E-state index contributed by atoms with van der Waals surface area (Å²) in [4.78, 5) is 23.7. The lowest BCUT2D eigenvalue weighted by Crippen LogP contribution is -2.35. The van der Waals surface area contributed by atoms with Gasteiger partial charge in [0.25, 0.3) is 11.8 Å². The van der Waals surface area contributed by atoms with E-state index < -0.39 is 11.8 Å². The third-order valence-electron chi connectivity index (χ3n) is 3.44. The number of aromatic hydroxyl groups is 1. The summed E-state index contributed by atoms with van der Waals surface area (Å²) in [6, 6.07) is 11.7. The van der Waals surface area contributed by atoms with Crippen molar-refractivity contribution >= 4 is 29.6 Å². The highest BCUT2D eigenvalue weighted by atomic mass is 35.5. The molecule has 0 atom stereocenters. The molecular weight excluding hydrogens is 354 g/mol. The van der Waals surface area contributed by atoms with Crippen LogP contribution in [0.15, 0.2) is 60.2 Å². The lowest BCUT2D eigenvalue weighted by atomic mass is 10.1. The highest BCUT2D eigenvalue weighted by Crippen LogP contribution is 2.21. The summed E-state index contributed by atoms with van der Waals surface area (Å²) in [5.41, 5.74) is 3.74. The van der Waals surface area contributed by atoms with Gasteiger partial charge in [-0.3, -0.25) is 9.59 Å². The van der Waals surface area contributed by atoms with Crippen LogP contribution >= 0.6 is 11.6 Å². The number of hydrazone groups is 1. The number of halogens is 1. The summed E-state index contributed by atoms with van der Waals surface area (Å²) < 4.78 is 0. The van der Waals surface area contributed by atoms with Gasteiger partial charge in [-0.1, -0.05) is 41.9 Å². The van der Waals surface area contributed by atoms with E-state index in [9.17, 15) is 14.7 Å². The van der Waals surface area contributed by atoms with Gasteiger partial charge in [0, 0.05) is 5.56 Å². The molecule has 0 aromatic heterocycles. The number of benzene rings is 2. The van der Waals surface area contributed by atoms with Crippen molar-refractivity contribution in [3.05, 3.63) is 76.8 Å². The van der Waals surface area contributed by atoms with Gasteiger partial charge < -0.3 is 10.4 Å². The van der Waals surface area contributed by atoms with Gasteiger partial charge in [0.05, 0.1) is 23.3 Å². The van der Waals surface area contributed by atoms with Crippen molar-refractivity contribution in [1.82, 2.24) is 10.7 Å². The first kappa shape index (κ1) is 19.2. The van der Waals surface area contributed by atoms with Crippen LogP contribution < -0.4 is 10.7 Å². The molecule has 0 unspecified atom stereocenters. The van der Waals surface area contributed by atoms with Crippen molar-refractivity contribution < 1.29 is 14.7 Å². The Labute approximate surface area is 156 Å². The number of allylic oxidation sites excluding steroid dienone is 1. The standard InChI is InChI=1S/C19H18ClN3O3/c1-2-6-13-7-5-8-14(18(13)25)11-22-23-17(24)12-21-19(26)15-9-3-4-10-16(15)20/h2-5,7-11,25H,1,6,12H2,(H,21,26)(H,23,24). The number of hydrogen-bond donors (Lipinski definition) is 3. The third kappa shape index (κ3) is 5.19. The van der Waals surface area contributed by atoms with E-state index in [0.717, 1.165) is 0 Å². The smallest absolute Gasteiger partial charge is 0.259 e. The van der Waals surface area contributed by atoms with Gasteiger partial charge in [-0.25, -0.2) is 5.43 Å². The van der Waals surface area contributed by atoms with E-state index in [-0.39, 0.29) is 17.9 Å². The van der Waals surface area contributed by atoms with Crippen molar-refractivity contribution in [3.63, 3.8) is 0 Å². The second-order valence-corrected chi connectivity index (χ2v) is 5.71. The van der Waals surface area contributed by atoms with Gasteiger partial charge in [-0.05, 0) is 30.2 Å². The molecule has 0 aliphatic heterocycles. The Morgan fingerprint density at radius 3 is 2.69 bits per heavy atom. The summed E-state index contributed by atoms with van der Waals surface area (Å²) in [6.07, 6.45) is 3.53. The Bertz CT molecular complexity index is 850. The van der Waals surface area contributed by atoms with Crippen molar-refractivity contribution in [2.24, 2.45) is 5.10 Å².